The van der Waals surface area contributed by atoms with E-state index in [1.165, 1.54) is 28.6 Å². The van der Waals surface area contributed by atoms with Crippen LogP contribution in [0.3, 0.4) is 0 Å². The molecule has 6 nitrogen and oxygen atoms in total. The normalized spacial score (nSPS) is 16.2. The summed E-state index contributed by atoms with van der Waals surface area (Å²) in [7, 11) is -1.96. The van der Waals surface area contributed by atoms with Crippen molar-refractivity contribution in [1.29, 1.82) is 0 Å². The van der Waals surface area contributed by atoms with E-state index in [1.54, 1.807) is 7.11 Å². The third kappa shape index (κ3) is 4.97. The van der Waals surface area contributed by atoms with E-state index in [4.69, 9.17) is 9.47 Å². The van der Waals surface area contributed by atoms with Gasteiger partial charge in [-0.1, -0.05) is 0 Å². The molecule has 1 aliphatic rings. The van der Waals surface area contributed by atoms with Crippen LogP contribution in [0.5, 0.6) is 11.5 Å². The Hall–Kier alpha value is -2.16. The summed E-state index contributed by atoms with van der Waals surface area (Å²) >= 11 is 0. The molecule has 3 rings (SSSR count). The molecule has 0 radical (unpaired) electrons. The topological polar surface area (TPSA) is 59.1 Å². The van der Waals surface area contributed by atoms with Gasteiger partial charge in [0, 0.05) is 32.7 Å². The Balaban J connectivity index is 1.46. The molecule has 0 unspecified atom stereocenters. The molecule has 0 aliphatic carbocycles. The van der Waals surface area contributed by atoms with Gasteiger partial charge in [-0.2, -0.15) is 4.31 Å². The Labute approximate surface area is 159 Å². The van der Waals surface area contributed by atoms with E-state index >= 15 is 0 Å². The van der Waals surface area contributed by atoms with Crippen molar-refractivity contribution >= 4 is 10.0 Å². The lowest BCUT2D eigenvalue weighted by Crippen LogP contribution is -2.49. The van der Waals surface area contributed by atoms with Crippen LogP contribution in [-0.2, 0) is 10.0 Å². The zero-order chi connectivity index (χ0) is 19.3. The van der Waals surface area contributed by atoms with Gasteiger partial charge in [-0.15, -0.1) is 0 Å². The molecule has 0 N–H and O–H groups in total. The van der Waals surface area contributed by atoms with Crippen molar-refractivity contribution in [1.82, 2.24) is 9.21 Å². The standard InChI is InChI=1S/C19H23FN2O4S/c1-25-17-4-6-18(7-5-17)26-15-14-21-10-12-22(13-11-21)27(23,24)19-8-2-16(20)3-9-19/h2-9H,10-15H2,1H3. The highest BCUT2D eigenvalue weighted by Gasteiger charge is 2.28. The van der Waals surface area contributed by atoms with Gasteiger partial charge in [0.1, 0.15) is 23.9 Å². The molecule has 0 saturated carbocycles. The van der Waals surface area contributed by atoms with Gasteiger partial charge in [0.05, 0.1) is 12.0 Å². The first-order chi connectivity index (χ1) is 13.0. The van der Waals surface area contributed by atoms with Crippen LogP contribution in [0.25, 0.3) is 0 Å². The molecule has 0 amide bonds. The molecular weight excluding hydrogens is 371 g/mol. The molecule has 0 spiro atoms. The van der Waals surface area contributed by atoms with Crippen LogP contribution in [0.15, 0.2) is 53.4 Å². The Morgan fingerprint density at radius 3 is 2.11 bits per heavy atom. The van der Waals surface area contributed by atoms with Crippen molar-refractivity contribution in [3.05, 3.63) is 54.3 Å². The lowest BCUT2D eigenvalue weighted by Gasteiger charge is -2.33. The molecule has 146 valence electrons. The number of benzene rings is 2. The summed E-state index contributed by atoms with van der Waals surface area (Å²) in [5.41, 5.74) is 0. The number of sulfonamides is 1. The largest absolute Gasteiger partial charge is 0.497 e. The molecule has 1 saturated heterocycles. The third-order valence-electron chi connectivity index (χ3n) is 4.52. The summed E-state index contributed by atoms with van der Waals surface area (Å²) < 4.78 is 50.5. The number of piperazine rings is 1. The van der Waals surface area contributed by atoms with E-state index in [1.807, 2.05) is 24.3 Å². The number of nitrogens with zero attached hydrogens (tertiary/aromatic N) is 2. The fourth-order valence-corrected chi connectivity index (χ4v) is 4.34. The molecule has 0 atom stereocenters. The maximum Gasteiger partial charge on any atom is 0.243 e. The predicted molar refractivity (Wildman–Crippen MR) is 100 cm³/mol. The van der Waals surface area contributed by atoms with Crippen LogP contribution >= 0.6 is 0 Å². The number of methoxy groups -OCH3 is 1. The summed E-state index contributed by atoms with van der Waals surface area (Å²) in [5, 5.41) is 0. The Morgan fingerprint density at radius 1 is 0.926 bits per heavy atom. The maximum atomic E-state index is 13.0. The second-order valence-electron chi connectivity index (χ2n) is 6.22. The molecule has 0 bridgehead atoms. The monoisotopic (exact) mass is 394 g/mol. The third-order valence-corrected chi connectivity index (χ3v) is 6.43. The van der Waals surface area contributed by atoms with Crippen LogP contribution in [0.4, 0.5) is 4.39 Å². The van der Waals surface area contributed by atoms with E-state index < -0.39 is 15.8 Å². The minimum absolute atomic E-state index is 0.125. The SMILES string of the molecule is COc1ccc(OCCN2CCN(S(=O)(=O)c3ccc(F)cc3)CC2)cc1. The second kappa shape index (κ2) is 8.69. The number of halogens is 1. The fraction of sp³-hybridized carbons (Fsp3) is 0.368. The molecule has 1 aliphatic heterocycles. The average molecular weight is 394 g/mol. The summed E-state index contributed by atoms with van der Waals surface area (Å²) in [4.78, 5) is 2.29. The van der Waals surface area contributed by atoms with Crippen LogP contribution in [0, 0.1) is 5.82 Å². The zero-order valence-corrected chi connectivity index (χ0v) is 16.0. The first kappa shape index (κ1) is 19.6. The Kier molecular flexibility index (Phi) is 6.30. The van der Waals surface area contributed by atoms with Gasteiger partial charge >= 0.3 is 0 Å². The van der Waals surface area contributed by atoms with Crippen LogP contribution in [0.1, 0.15) is 0 Å². The highest BCUT2D eigenvalue weighted by Crippen LogP contribution is 2.19. The quantitative estimate of drug-likeness (QED) is 0.721. The number of rotatable bonds is 7. The first-order valence-electron chi connectivity index (χ1n) is 8.74. The molecule has 27 heavy (non-hydrogen) atoms. The van der Waals surface area contributed by atoms with E-state index in [9.17, 15) is 12.8 Å². The van der Waals surface area contributed by atoms with Crippen LogP contribution in [-0.4, -0.2) is 64.1 Å². The van der Waals surface area contributed by atoms with Gasteiger partial charge < -0.3 is 9.47 Å². The predicted octanol–water partition coefficient (Wildman–Crippen LogP) is 2.22. The molecule has 2 aromatic rings. The maximum absolute atomic E-state index is 13.0. The first-order valence-corrected chi connectivity index (χ1v) is 10.2. The number of hydrogen-bond donors (Lipinski definition) is 0. The Bertz CT molecular complexity index is 833. The van der Waals surface area contributed by atoms with E-state index in [-0.39, 0.29) is 4.90 Å². The summed E-state index contributed by atoms with van der Waals surface area (Å²) in [5.74, 6) is 1.10. The van der Waals surface area contributed by atoms with Crippen molar-refractivity contribution in [2.24, 2.45) is 0 Å². The summed E-state index contributed by atoms with van der Waals surface area (Å²) in [6, 6.07) is 12.3. The van der Waals surface area contributed by atoms with Gasteiger partial charge in [0.2, 0.25) is 10.0 Å². The molecular formula is C19H23FN2O4S. The molecule has 1 heterocycles. The minimum Gasteiger partial charge on any atom is -0.497 e. The number of hydrogen-bond acceptors (Lipinski definition) is 5. The Morgan fingerprint density at radius 2 is 1.52 bits per heavy atom. The van der Waals surface area contributed by atoms with Crippen molar-refractivity contribution in [2.75, 3.05) is 46.4 Å². The van der Waals surface area contributed by atoms with Crippen LogP contribution < -0.4 is 9.47 Å². The minimum atomic E-state index is -3.58. The van der Waals surface area contributed by atoms with Crippen molar-refractivity contribution in [3.63, 3.8) is 0 Å². The second-order valence-corrected chi connectivity index (χ2v) is 8.16. The van der Waals surface area contributed by atoms with Crippen molar-refractivity contribution < 1.29 is 22.3 Å². The van der Waals surface area contributed by atoms with E-state index in [0.717, 1.165) is 18.0 Å². The lowest BCUT2D eigenvalue weighted by molar-refractivity contribution is 0.159. The molecule has 0 aromatic heterocycles. The van der Waals surface area contributed by atoms with Gasteiger partial charge in [0.15, 0.2) is 0 Å². The highest BCUT2D eigenvalue weighted by atomic mass is 32.2. The van der Waals surface area contributed by atoms with Crippen molar-refractivity contribution in [3.8, 4) is 11.5 Å². The van der Waals surface area contributed by atoms with E-state index in [2.05, 4.69) is 4.90 Å². The van der Waals surface area contributed by atoms with Gasteiger partial charge in [-0.25, -0.2) is 12.8 Å². The molecule has 8 heteroatoms. The smallest absolute Gasteiger partial charge is 0.243 e. The van der Waals surface area contributed by atoms with Crippen LogP contribution in [0.2, 0.25) is 0 Å². The highest BCUT2D eigenvalue weighted by molar-refractivity contribution is 7.89. The van der Waals surface area contributed by atoms with Gasteiger partial charge in [0.25, 0.3) is 0 Å². The lowest BCUT2D eigenvalue weighted by atomic mass is 10.3. The zero-order valence-electron chi connectivity index (χ0n) is 15.2. The summed E-state index contributed by atoms with van der Waals surface area (Å²) in [6.45, 7) is 3.32. The van der Waals surface area contributed by atoms with Crippen molar-refractivity contribution in [2.45, 2.75) is 4.90 Å². The fourth-order valence-electron chi connectivity index (χ4n) is 2.91. The van der Waals surface area contributed by atoms with Gasteiger partial charge in [-0.3, -0.25) is 4.90 Å². The average Bonchev–Trinajstić information content (AvgIpc) is 2.69. The van der Waals surface area contributed by atoms with E-state index in [0.29, 0.717) is 32.8 Å². The van der Waals surface area contributed by atoms with Gasteiger partial charge in [-0.05, 0) is 48.5 Å². The molecule has 1 fully saturated rings. The number of ether oxygens (including phenoxy) is 2. The summed E-state index contributed by atoms with van der Waals surface area (Å²) in [6.07, 6.45) is 0. The molecule has 2 aromatic carbocycles.